The molecule has 0 radical (unpaired) electrons. The molecule has 0 unspecified atom stereocenters. The Morgan fingerprint density at radius 2 is 1.67 bits per heavy atom. The molecule has 11 heteroatoms. The molecule has 0 saturated heterocycles. The number of halogens is 2. The standard InChI is InChI=1S/C31H26F2N6O3/c1-18-12-21(6-11-25(18)33)16-34-30(40)26-15-27(36-17-35-26)31(41)37-19(2)22-7-9-23(10-8-22)29-38-28(42-39-29)14-20-4-3-5-24(32)13-20/h3-13,15,17,19H,14,16H2,1-2H3,(H,34,40)(H,37,41)/t19-/m0/s1. The summed E-state index contributed by atoms with van der Waals surface area (Å²) < 4.78 is 32.2. The van der Waals surface area contributed by atoms with Gasteiger partial charge >= 0.3 is 0 Å². The average Bonchev–Trinajstić information content (AvgIpc) is 3.46. The lowest BCUT2D eigenvalue weighted by molar-refractivity contribution is 0.0934. The number of hydrogen-bond donors (Lipinski definition) is 2. The maximum atomic E-state index is 13.5. The largest absolute Gasteiger partial charge is 0.347 e. The summed E-state index contributed by atoms with van der Waals surface area (Å²) in [6.07, 6.45) is 1.46. The van der Waals surface area contributed by atoms with Crippen molar-refractivity contribution < 1.29 is 22.9 Å². The summed E-state index contributed by atoms with van der Waals surface area (Å²) in [5.74, 6) is -0.852. The van der Waals surface area contributed by atoms with Gasteiger partial charge in [0.05, 0.1) is 12.5 Å². The van der Waals surface area contributed by atoms with E-state index in [0.29, 0.717) is 29.3 Å². The van der Waals surface area contributed by atoms with Gasteiger partial charge in [-0.05, 0) is 54.3 Å². The van der Waals surface area contributed by atoms with E-state index in [1.165, 1.54) is 24.3 Å². The van der Waals surface area contributed by atoms with Crippen LogP contribution in [0.2, 0.25) is 0 Å². The molecule has 2 amide bonds. The molecule has 0 fully saturated rings. The summed E-state index contributed by atoms with van der Waals surface area (Å²) in [4.78, 5) is 37.9. The first kappa shape index (κ1) is 28.2. The second-order valence-electron chi connectivity index (χ2n) is 9.69. The molecule has 5 rings (SSSR count). The van der Waals surface area contributed by atoms with Crippen LogP contribution >= 0.6 is 0 Å². The van der Waals surface area contributed by atoms with Gasteiger partial charge in [-0.25, -0.2) is 18.7 Å². The van der Waals surface area contributed by atoms with E-state index < -0.39 is 11.8 Å². The first-order valence-corrected chi connectivity index (χ1v) is 13.1. The van der Waals surface area contributed by atoms with E-state index >= 15 is 0 Å². The predicted molar refractivity (Wildman–Crippen MR) is 149 cm³/mol. The van der Waals surface area contributed by atoms with Crippen LogP contribution in [0.3, 0.4) is 0 Å². The van der Waals surface area contributed by atoms with Gasteiger partial charge in [-0.1, -0.05) is 53.7 Å². The zero-order valence-electron chi connectivity index (χ0n) is 22.8. The molecule has 2 heterocycles. The van der Waals surface area contributed by atoms with E-state index in [4.69, 9.17) is 4.52 Å². The number of carbonyl (C=O) groups is 2. The molecule has 0 aliphatic rings. The van der Waals surface area contributed by atoms with Crippen molar-refractivity contribution in [2.24, 2.45) is 0 Å². The zero-order valence-corrected chi connectivity index (χ0v) is 22.8. The van der Waals surface area contributed by atoms with Crippen molar-refractivity contribution in [3.63, 3.8) is 0 Å². The van der Waals surface area contributed by atoms with Crippen molar-refractivity contribution >= 4 is 11.8 Å². The molecule has 0 aliphatic carbocycles. The highest BCUT2D eigenvalue weighted by molar-refractivity contribution is 5.97. The highest BCUT2D eigenvalue weighted by atomic mass is 19.1. The summed E-state index contributed by atoms with van der Waals surface area (Å²) in [6.45, 7) is 3.64. The molecule has 42 heavy (non-hydrogen) atoms. The van der Waals surface area contributed by atoms with Gasteiger partial charge in [-0.3, -0.25) is 9.59 Å². The molecule has 212 valence electrons. The van der Waals surface area contributed by atoms with Crippen LogP contribution < -0.4 is 10.6 Å². The third-order valence-electron chi connectivity index (χ3n) is 6.54. The number of amides is 2. The Morgan fingerprint density at radius 3 is 2.40 bits per heavy atom. The minimum absolute atomic E-state index is 0.0304. The third kappa shape index (κ3) is 6.87. The Hall–Kier alpha value is -5.32. The van der Waals surface area contributed by atoms with Crippen LogP contribution in [-0.2, 0) is 13.0 Å². The summed E-state index contributed by atoms with van der Waals surface area (Å²) in [5.41, 5.74) is 3.54. The molecule has 1 atom stereocenters. The number of benzene rings is 3. The quantitative estimate of drug-likeness (QED) is 0.253. The lowest BCUT2D eigenvalue weighted by Gasteiger charge is -2.14. The van der Waals surface area contributed by atoms with Crippen LogP contribution in [0.4, 0.5) is 8.78 Å². The average molecular weight is 569 g/mol. The van der Waals surface area contributed by atoms with E-state index in [2.05, 4.69) is 30.7 Å². The molecule has 0 saturated carbocycles. The molecule has 0 spiro atoms. The van der Waals surface area contributed by atoms with Gasteiger partial charge in [-0.2, -0.15) is 4.98 Å². The molecule has 2 N–H and O–H groups in total. The number of carbonyl (C=O) groups excluding carboxylic acids is 2. The molecule has 9 nitrogen and oxygen atoms in total. The van der Waals surface area contributed by atoms with Crippen LogP contribution in [0.15, 0.2) is 83.6 Å². The lowest BCUT2D eigenvalue weighted by atomic mass is 10.1. The predicted octanol–water partition coefficient (Wildman–Crippen LogP) is 5.13. The molecule has 0 bridgehead atoms. The van der Waals surface area contributed by atoms with Crippen molar-refractivity contribution in [1.82, 2.24) is 30.7 Å². The number of hydrogen-bond acceptors (Lipinski definition) is 7. The smallest absolute Gasteiger partial charge is 0.270 e. The fourth-order valence-electron chi connectivity index (χ4n) is 4.24. The molecular formula is C31H26F2N6O3. The highest BCUT2D eigenvalue weighted by Crippen LogP contribution is 2.21. The Kier molecular flexibility index (Phi) is 8.37. The van der Waals surface area contributed by atoms with Crippen molar-refractivity contribution in [1.29, 1.82) is 0 Å². The first-order valence-electron chi connectivity index (χ1n) is 13.1. The fourth-order valence-corrected chi connectivity index (χ4v) is 4.24. The molecular weight excluding hydrogens is 542 g/mol. The zero-order chi connectivity index (χ0) is 29.6. The highest BCUT2D eigenvalue weighted by Gasteiger charge is 2.17. The van der Waals surface area contributed by atoms with Gasteiger partial charge in [0, 0.05) is 18.2 Å². The van der Waals surface area contributed by atoms with Gasteiger partial charge in [0.15, 0.2) is 0 Å². The molecule has 2 aromatic heterocycles. The van der Waals surface area contributed by atoms with Crippen molar-refractivity contribution in [3.05, 3.63) is 130 Å². The van der Waals surface area contributed by atoms with E-state index in [9.17, 15) is 18.4 Å². The number of aromatic nitrogens is 4. The Labute approximate surface area is 240 Å². The summed E-state index contributed by atoms with van der Waals surface area (Å²) in [6, 6.07) is 19.0. The van der Waals surface area contributed by atoms with Crippen LogP contribution in [0, 0.1) is 18.6 Å². The Morgan fingerprint density at radius 1 is 0.905 bits per heavy atom. The normalized spacial score (nSPS) is 11.6. The van der Waals surface area contributed by atoms with Crippen molar-refractivity contribution in [2.75, 3.05) is 0 Å². The second kappa shape index (κ2) is 12.5. The van der Waals surface area contributed by atoms with Crippen LogP contribution in [0.1, 0.15) is 62.1 Å². The number of aryl methyl sites for hydroxylation is 1. The molecule has 5 aromatic rings. The maximum Gasteiger partial charge on any atom is 0.270 e. The minimum Gasteiger partial charge on any atom is -0.347 e. The summed E-state index contributed by atoms with van der Waals surface area (Å²) >= 11 is 0. The lowest BCUT2D eigenvalue weighted by Crippen LogP contribution is -2.29. The van der Waals surface area contributed by atoms with E-state index in [1.54, 1.807) is 31.2 Å². The van der Waals surface area contributed by atoms with E-state index in [0.717, 1.165) is 23.0 Å². The van der Waals surface area contributed by atoms with Gasteiger partial charge < -0.3 is 15.2 Å². The first-order chi connectivity index (χ1) is 20.2. The van der Waals surface area contributed by atoms with Crippen molar-refractivity contribution in [3.8, 4) is 11.4 Å². The minimum atomic E-state index is -0.488. The SMILES string of the molecule is Cc1cc(CNC(=O)c2cc(C(=O)N[C@@H](C)c3ccc(-c4noc(Cc5cccc(F)c5)n4)cc3)ncn2)ccc1F. The summed E-state index contributed by atoms with van der Waals surface area (Å²) in [5, 5.41) is 9.60. The molecule has 0 aliphatic heterocycles. The van der Waals surface area contributed by atoms with Crippen LogP contribution in [0.5, 0.6) is 0 Å². The van der Waals surface area contributed by atoms with Crippen LogP contribution in [0.25, 0.3) is 11.4 Å². The Bertz CT molecular complexity index is 1740. The molecule has 3 aromatic carbocycles. The number of nitrogens with one attached hydrogen (secondary N) is 2. The van der Waals surface area contributed by atoms with Gasteiger partial charge in [0.1, 0.15) is 29.3 Å². The van der Waals surface area contributed by atoms with Crippen molar-refractivity contribution in [2.45, 2.75) is 32.9 Å². The van der Waals surface area contributed by atoms with Gasteiger partial charge in [0.25, 0.3) is 11.8 Å². The third-order valence-corrected chi connectivity index (χ3v) is 6.54. The fraction of sp³-hybridized carbons (Fsp3) is 0.161. The van der Waals surface area contributed by atoms with Gasteiger partial charge in [-0.15, -0.1) is 0 Å². The Balaban J connectivity index is 1.18. The second-order valence-corrected chi connectivity index (χ2v) is 9.69. The number of nitrogens with zero attached hydrogens (tertiary/aromatic N) is 4. The van der Waals surface area contributed by atoms with E-state index in [1.807, 2.05) is 31.2 Å². The van der Waals surface area contributed by atoms with E-state index in [-0.39, 0.29) is 35.6 Å². The maximum absolute atomic E-state index is 13.5. The summed E-state index contributed by atoms with van der Waals surface area (Å²) in [7, 11) is 0. The van der Waals surface area contributed by atoms with Gasteiger partial charge in [0.2, 0.25) is 11.7 Å². The monoisotopic (exact) mass is 568 g/mol. The number of rotatable bonds is 9. The van der Waals surface area contributed by atoms with Crippen LogP contribution in [-0.4, -0.2) is 31.9 Å². The topological polar surface area (TPSA) is 123 Å².